The molecule has 0 bridgehead atoms. The molecule has 2 fully saturated rings. The van der Waals surface area contributed by atoms with Crippen LogP contribution in [0.3, 0.4) is 0 Å². The van der Waals surface area contributed by atoms with E-state index in [0.717, 1.165) is 0 Å². The SMILES string of the molecule is CC(C#N)C1N[C@H](CO[Si](C)(C)C(C)(C)C)[C@H]2OC(C)(C)O[C@@H]12. The maximum absolute atomic E-state index is 9.29. The second-order valence-corrected chi connectivity index (χ2v) is 13.7. The van der Waals surface area contributed by atoms with Crippen LogP contribution in [0.5, 0.6) is 0 Å². The summed E-state index contributed by atoms with van der Waals surface area (Å²) in [7, 11) is -1.81. The minimum atomic E-state index is -1.81. The number of nitrogens with zero attached hydrogens (tertiary/aromatic N) is 1. The molecule has 2 unspecified atom stereocenters. The molecule has 2 saturated heterocycles. The van der Waals surface area contributed by atoms with E-state index in [0.29, 0.717) is 6.61 Å². The minimum absolute atomic E-state index is 0.0141. The largest absolute Gasteiger partial charge is 0.415 e. The molecular formula is C17H32N2O3Si. The topological polar surface area (TPSA) is 63.5 Å². The molecule has 2 aliphatic heterocycles. The quantitative estimate of drug-likeness (QED) is 0.797. The minimum Gasteiger partial charge on any atom is -0.415 e. The van der Waals surface area contributed by atoms with Crippen molar-refractivity contribution < 1.29 is 13.9 Å². The molecule has 2 heterocycles. The zero-order valence-corrected chi connectivity index (χ0v) is 16.8. The van der Waals surface area contributed by atoms with E-state index in [-0.39, 0.29) is 35.2 Å². The first-order valence-electron chi connectivity index (χ1n) is 8.53. The maximum Gasteiger partial charge on any atom is 0.192 e. The molecule has 0 aliphatic carbocycles. The summed E-state index contributed by atoms with van der Waals surface area (Å²) in [6.07, 6.45) is -0.150. The van der Waals surface area contributed by atoms with Gasteiger partial charge in [0.25, 0.3) is 0 Å². The molecule has 0 aromatic heterocycles. The molecule has 0 aromatic rings. The summed E-state index contributed by atoms with van der Waals surface area (Å²) in [5.74, 6) is -0.724. The Morgan fingerprint density at radius 3 is 2.35 bits per heavy atom. The van der Waals surface area contributed by atoms with Crippen LogP contribution in [0.4, 0.5) is 0 Å². The number of hydrogen-bond acceptors (Lipinski definition) is 5. The Balaban J connectivity index is 2.09. The zero-order valence-electron chi connectivity index (χ0n) is 15.8. The lowest BCUT2D eigenvalue weighted by Crippen LogP contribution is -2.48. The van der Waals surface area contributed by atoms with Crippen LogP contribution in [-0.4, -0.2) is 45.0 Å². The molecule has 1 N–H and O–H groups in total. The molecular weight excluding hydrogens is 308 g/mol. The summed E-state index contributed by atoms with van der Waals surface area (Å²) in [6, 6.07) is 2.39. The fourth-order valence-electron chi connectivity index (χ4n) is 3.01. The molecule has 0 aromatic carbocycles. The predicted molar refractivity (Wildman–Crippen MR) is 92.5 cm³/mol. The lowest BCUT2D eigenvalue weighted by atomic mass is 9.98. The Labute approximate surface area is 141 Å². The summed E-state index contributed by atoms with van der Waals surface area (Å²) in [4.78, 5) is 0. The fourth-order valence-corrected chi connectivity index (χ4v) is 4.04. The highest BCUT2D eigenvalue weighted by Crippen LogP contribution is 2.40. The number of ether oxygens (including phenoxy) is 2. The van der Waals surface area contributed by atoms with Crippen molar-refractivity contribution in [2.24, 2.45) is 5.92 Å². The second-order valence-electron chi connectivity index (χ2n) is 8.85. The van der Waals surface area contributed by atoms with E-state index < -0.39 is 14.1 Å². The highest BCUT2D eigenvalue weighted by atomic mass is 28.4. The average Bonchev–Trinajstić information content (AvgIpc) is 2.87. The van der Waals surface area contributed by atoms with Crippen molar-refractivity contribution in [3.05, 3.63) is 0 Å². The predicted octanol–water partition coefficient (Wildman–Crippen LogP) is 3.03. The van der Waals surface area contributed by atoms with E-state index in [4.69, 9.17) is 13.9 Å². The van der Waals surface area contributed by atoms with E-state index in [1.54, 1.807) is 0 Å². The Morgan fingerprint density at radius 1 is 1.26 bits per heavy atom. The van der Waals surface area contributed by atoms with Gasteiger partial charge in [-0.3, -0.25) is 0 Å². The average molecular weight is 341 g/mol. The molecule has 2 rings (SSSR count). The summed E-state index contributed by atoms with van der Waals surface area (Å²) < 4.78 is 18.5. The molecule has 5 nitrogen and oxygen atoms in total. The van der Waals surface area contributed by atoms with E-state index in [1.165, 1.54) is 0 Å². The van der Waals surface area contributed by atoms with E-state index in [9.17, 15) is 5.26 Å². The molecule has 5 atom stereocenters. The second kappa shape index (κ2) is 6.12. The van der Waals surface area contributed by atoms with Crippen LogP contribution in [0.25, 0.3) is 0 Å². The number of hydrogen-bond donors (Lipinski definition) is 1. The van der Waals surface area contributed by atoms with Gasteiger partial charge in [0.1, 0.15) is 12.2 Å². The molecule has 6 heteroatoms. The smallest absolute Gasteiger partial charge is 0.192 e. The van der Waals surface area contributed by atoms with Crippen LogP contribution in [0, 0.1) is 17.2 Å². The zero-order chi connectivity index (χ0) is 17.6. The van der Waals surface area contributed by atoms with Gasteiger partial charge in [-0.25, -0.2) is 0 Å². The molecule has 2 aliphatic rings. The summed E-state index contributed by atoms with van der Waals surface area (Å²) in [6.45, 7) is 17.6. The first-order chi connectivity index (χ1) is 10.4. The lowest BCUT2D eigenvalue weighted by Gasteiger charge is -2.37. The van der Waals surface area contributed by atoms with Crippen molar-refractivity contribution in [1.29, 1.82) is 5.26 Å². The number of rotatable bonds is 4. The molecule has 132 valence electrons. The van der Waals surface area contributed by atoms with Crippen LogP contribution < -0.4 is 5.32 Å². The van der Waals surface area contributed by atoms with Crippen molar-refractivity contribution in [1.82, 2.24) is 5.32 Å². The number of fused-ring (bicyclic) bond motifs is 1. The van der Waals surface area contributed by atoms with Crippen molar-refractivity contribution in [2.45, 2.75) is 89.8 Å². The van der Waals surface area contributed by atoms with Gasteiger partial charge in [-0.1, -0.05) is 20.8 Å². The van der Waals surface area contributed by atoms with Gasteiger partial charge < -0.3 is 19.2 Å². The van der Waals surface area contributed by atoms with Gasteiger partial charge >= 0.3 is 0 Å². The van der Waals surface area contributed by atoms with E-state index >= 15 is 0 Å². The molecule has 23 heavy (non-hydrogen) atoms. The van der Waals surface area contributed by atoms with E-state index in [2.05, 4.69) is 45.3 Å². The highest BCUT2D eigenvalue weighted by Gasteiger charge is 2.55. The van der Waals surface area contributed by atoms with Gasteiger partial charge in [0, 0.05) is 0 Å². The van der Waals surface area contributed by atoms with Crippen LogP contribution in [0.15, 0.2) is 0 Å². The van der Waals surface area contributed by atoms with Gasteiger partial charge in [0.2, 0.25) is 0 Å². The standard InChI is InChI=1S/C17H32N2O3Si/c1-11(9-18)13-15-14(21-17(5,6)22-15)12(19-13)10-20-23(7,8)16(2,3)4/h11-15,19H,10H2,1-8H3/t11?,12-,13?,14-,15+/m1/s1. The lowest BCUT2D eigenvalue weighted by molar-refractivity contribution is -0.158. The van der Waals surface area contributed by atoms with Crippen molar-refractivity contribution >= 4 is 8.32 Å². The van der Waals surface area contributed by atoms with Crippen LogP contribution in [-0.2, 0) is 13.9 Å². The third-order valence-electron chi connectivity index (χ3n) is 5.49. The third kappa shape index (κ3) is 3.80. The molecule has 0 amide bonds. The van der Waals surface area contributed by atoms with Gasteiger partial charge in [-0.2, -0.15) is 5.26 Å². The first-order valence-corrected chi connectivity index (χ1v) is 11.4. The van der Waals surface area contributed by atoms with Crippen LogP contribution in [0.1, 0.15) is 41.5 Å². The maximum atomic E-state index is 9.29. The van der Waals surface area contributed by atoms with E-state index in [1.807, 2.05) is 20.8 Å². The molecule has 0 radical (unpaired) electrons. The Morgan fingerprint density at radius 2 is 1.83 bits per heavy atom. The number of nitriles is 1. The molecule has 0 saturated carbocycles. The number of nitrogens with one attached hydrogen (secondary N) is 1. The van der Waals surface area contributed by atoms with Gasteiger partial charge in [-0.05, 0) is 38.9 Å². The molecule has 0 spiro atoms. The van der Waals surface area contributed by atoms with Gasteiger partial charge in [0.05, 0.1) is 30.7 Å². The van der Waals surface area contributed by atoms with Crippen molar-refractivity contribution in [2.75, 3.05) is 6.61 Å². The monoisotopic (exact) mass is 340 g/mol. The normalized spacial score (nSPS) is 34.9. The Kier molecular flexibility index (Phi) is 5.03. The van der Waals surface area contributed by atoms with Crippen LogP contribution >= 0.6 is 0 Å². The first kappa shape index (κ1) is 18.9. The fraction of sp³-hybridized carbons (Fsp3) is 0.941. The Bertz CT molecular complexity index is 481. The highest BCUT2D eigenvalue weighted by molar-refractivity contribution is 6.74. The van der Waals surface area contributed by atoms with Crippen molar-refractivity contribution in [3.8, 4) is 6.07 Å². The van der Waals surface area contributed by atoms with Crippen LogP contribution in [0.2, 0.25) is 18.1 Å². The Hall–Kier alpha value is -0.453. The van der Waals surface area contributed by atoms with Gasteiger partial charge in [0.15, 0.2) is 14.1 Å². The summed E-state index contributed by atoms with van der Waals surface area (Å²) >= 11 is 0. The summed E-state index contributed by atoms with van der Waals surface area (Å²) in [5, 5.41) is 13.0. The van der Waals surface area contributed by atoms with Gasteiger partial charge in [-0.15, -0.1) is 0 Å². The third-order valence-corrected chi connectivity index (χ3v) is 9.99. The van der Waals surface area contributed by atoms with Crippen molar-refractivity contribution in [3.63, 3.8) is 0 Å². The summed E-state index contributed by atoms with van der Waals surface area (Å²) in [5.41, 5.74) is 0.